The van der Waals surface area contributed by atoms with E-state index in [1.165, 1.54) is 11.1 Å². The number of nitrogens with zero attached hydrogens (tertiary/aromatic N) is 1. The first-order chi connectivity index (χ1) is 15.8. The van der Waals surface area contributed by atoms with Crippen molar-refractivity contribution >= 4 is 17.9 Å². The van der Waals surface area contributed by atoms with E-state index in [-0.39, 0.29) is 0 Å². The standard InChI is InChI=1S/C22H27NO2.C4H4O4/c24-22(25)16-18-13-15-23(17-18)14-7-12-21(19-8-3-1-4-9-19)20-10-5-2-6-11-20;5-3(6)1-2-4(7)8/h1-6,8-11,18,21H,7,12-17H2,(H,24,25);1-2H,(H,5,6)(H,7,8)/b;2-1-. The van der Waals surface area contributed by atoms with Gasteiger partial charge >= 0.3 is 17.9 Å². The molecular weight excluding hydrogens is 422 g/mol. The van der Waals surface area contributed by atoms with Crippen molar-refractivity contribution in [3.63, 3.8) is 0 Å². The third-order valence-corrected chi connectivity index (χ3v) is 5.57. The smallest absolute Gasteiger partial charge is 0.328 e. The normalized spacial score (nSPS) is 15.8. The third kappa shape index (κ3) is 10.1. The molecule has 2 aromatic rings. The van der Waals surface area contributed by atoms with E-state index in [2.05, 4.69) is 65.6 Å². The highest BCUT2D eigenvalue weighted by Gasteiger charge is 2.24. The maximum absolute atomic E-state index is 10.9. The molecule has 33 heavy (non-hydrogen) atoms. The Kier molecular flexibility index (Phi) is 10.8. The summed E-state index contributed by atoms with van der Waals surface area (Å²) in [6.07, 6.45) is 4.70. The Morgan fingerprint density at radius 2 is 1.39 bits per heavy atom. The van der Waals surface area contributed by atoms with Crippen LogP contribution in [0.5, 0.6) is 0 Å². The average molecular weight is 454 g/mol. The number of carboxylic acids is 3. The first-order valence-corrected chi connectivity index (χ1v) is 11.0. The van der Waals surface area contributed by atoms with Gasteiger partial charge in [0.05, 0.1) is 0 Å². The number of carboxylic acid groups (broad SMARTS) is 3. The summed E-state index contributed by atoms with van der Waals surface area (Å²) >= 11 is 0. The Morgan fingerprint density at radius 1 is 0.879 bits per heavy atom. The first kappa shape index (κ1) is 25.8. The maximum Gasteiger partial charge on any atom is 0.328 e. The topological polar surface area (TPSA) is 115 Å². The fraction of sp³-hybridized carbons (Fsp3) is 0.346. The Bertz CT molecular complexity index is 857. The molecule has 0 radical (unpaired) electrons. The molecule has 176 valence electrons. The molecule has 1 atom stereocenters. The zero-order valence-electron chi connectivity index (χ0n) is 18.5. The summed E-state index contributed by atoms with van der Waals surface area (Å²) in [4.78, 5) is 32.4. The number of aliphatic carboxylic acids is 3. The molecule has 3 rings (SSSR count). The fourth-order valence-corrected chi connectivity index (χ4v) is 4.09. The predicted octanol–water partition coefficient (Wildman–Crippen LogP) is 4.11. The van der Waals surface area contributed by atoms with Crippen molar-refractivity contribution in [2.45, 2.75) is 31.6 Å². The lowest BCUT2D eigenvalue weighted by molar-refractivity contribution is -0.138. The van der Waals surface area contributed by atoms with E-state index < -0.39 is 17.9 Å². The minimum absolute atomic E-state index is 0.313. The molecule has 0 spiro atoms. The molecule has 7 heteroatoms. The molecule has 0 bridgehead atoms. The van der Waals surface area contributed by atoms with Crippen molar-refractivity contribution in [2.75, 3.05) is 19.6 Å². The molecule has 7 nitrogen and oxygen atoms in total. The lowest BCUT2D eigenvalue weighted by atomic mass is 9.87. The van der Waals surface area contributed by atoms with Crippen molar-refractivity contribution in [1.29, 1.82) is 0 Å². The van der Waals surface area contributed by atoms with Crippen LogP contribution in [0, 0.1) is 5.92 Å². The van der Waals surface area contributed by atoms with Gasteiger partial charge in [0.2, 0.25) is 0 Å². The molecule has 1 heterocycles. The minimum atomic E-state index is -1.26. The van der Waals surface area contributed by atoms with Gasteiger partial charge in [0.25, 0.3) is 0 Å². The van der Waals surface area contributed by atoms with Crippen molar-refractivity contribution in [3.8, 4) is 0 Å². The lowest BCUT2D eigenvalue weighted by Crippen LogP contribution is -2.23. The van der Waals surface area contributed by atoms with Gasteiger partial charge in [-0.3, -0.25) is 4.79 Å². The van der Waals surface area contributed by atoms with Gasteiger partial charge in [0.15, 0.2) is 0 Å². The molecule has 0 aromatic heterocycles. The van der Waals surface area contributed by atoms with E-state index in [0.29, 0.717) is 30.4 Å². The second kappa shape index (κ2) is 13.9. The first-order valence-electron chi connectivity index (χ1n) is 11.0. The van der Waals surface area contributed by atoms with Crippen molar-refractivity contribution in [1.82, 2.24) is 4.90 Å². The molecule has 0 aliphatic carbocycles. The van der Waals surface area contributed by atoms with E-state index in [9.17, 15) is 14.4 Å². The van der Waals surface area contributed by atoms with Crippen molar-refractivity contribution in [2.24, 2.45) is 5.92 Å². The number of hydrogen-bond donors (Lipinski definition) is 3. The van der Waals surface area contributed by atoms with E-state index in [4.69, 9.17) is 15.3 Å². The van der Waals surface area contributed by atoms with Gasteiger partial charge in [0.1, 0.15) is 0 Å². The van der Waals surface area contributed by atoms with Crippen LogP contribution in [-0.4, -0.2) is 57.8 Å². The quantitative estimate of drug-likeness (QED) is 0.464. The Labute approximate surface area is 194 Å². The zero-order valence-corrected chi connectivity index (χ0v) is 18.5. The molecule has 0 saturated carbocycles. The van der Waals surface area contributed by atoms with Crippen LogP contribution in [-0.2, 0) is 14.4 Å². The average Bonchev–Trinajstić information content (AvgIpc) is 3.23. The number of benzene rings is 2. The second-order valence-corrected chi connectivity index (χ2v) is 8.08. The fourth-order valence-electron chi connectivity index (χ4n) is 4.09. The number of rotatable bonds is 10. The summed E-state index contributed by atoms with van der Waals surface area (Å²) in [6.45, 7) is 3.04. The molecule has 2 aromatic carbocycles. The molecule has 3 N–H and O–H groups in total. The van der Waals surface area contributed by atoms with Gasteiger partial charge in [-0.2, -0.15) is 0 Å². The van der Waals surface area contributed by atoms with Gasteiger partial charge in [-0.05, 0) is 49.4 Å². The SMILES string of the molecule is O=C(O)/C=C\C(=O)O.O=C(O)CC1CCN(CCCC(c2ccccc2)c2ccccc2)C1. The Hall–Kier alpha value is -3.45. The summed E-state index contributed by atoms with van der Waals surface area (Å²) in [7, 11) is 0. The van der Waals surface area contributed by atoms with Crippen molar-refractivity contribution < 1.29 is 29.7 Å². The third-order valence-electron chi connectivity index (χ3n) is 5.57. The largest absolute Gasteiger partial charge is 0.481 e. The van der Waals surface area contributed by atoms with Crippen LogP contribution in [0.1, 0.15) is 42.7 Å². The lowest BCUT2D eigenvalue weighted by Gasteiger charge is -2.21. The van der Waals surface area contributed by atoms with Gasteiger partial charge < -0.3 is 20.2 Å². The highest BCUT2D eigenvalue weighted by Crippen LogP contribution is 2.29. The van der Waals surface area contributed by atoms with E-state index >= 15 is 0 Å². The predicted molar refractivity (Wildman–Crippen MR) is 125 cm³/mol. The highest BCUT2D eigenvalue weighted by atomic mass is 16.4. The van der Waals surface area contributed by atoms with Gasteiger partial charge in [-0.15, -0.1) is 0 Å². The van der Waals surface area contributed by atoms with Crippen LogP contribution in [0.4, 0.5) is 0 Å². The Morgan fingerprint density at radius 3 is 1.85 bits per heavy atom. The number of hydrogen-bond acceptors (Lipinski definition) is 4. The van der Waals surface area contributed by atoms with E-state index in [1.807, 2.05) is 0 Å². The van der Waals surface area contributed by atoms with Crippen LogP contribution in [0.3, 0.4) is 0 Å². The second-order valence-electron chi connectivity index (χ2n) is 8.08. The molecule has 0 amide bonds. The van der Waals surface area contributed by atoms with E-state index in [1.54, 1.807) is 0 Å². The monoisotopic (exact) mass is 453 g/mol. The summed E-state index contributed by atoms with van der Waals surface area (Å²) in [5, 5.41) is 24.6. The summed E-state index contributed by atoms with van der Waals surface area (Å²) < 4.78 is 0. The molecule has 1 unspecified atom stereocenters. The molecule has 1 fully saturated rings. The summed E-state index contributed by atoms with van der Waals surface area (Å²) in [5.41, 5.74) is 2.75. The zero-order chi connectivity index (χ0) is 24.1. The number of likely N-dealkylation sites (tertiary alicyclic amines) is 1. The molecule has 1 aliphatic heterocycles. The summed E-state index contributed by atoms with van der Waals surface area (Å²) in [5.74, 6) is -2.42. The van der Waals surface area contributed by atoms with Crippen LogP contribution >= 0.6 is 0 Å². The van der Waals surface area contributed by atoms with Crippen molar-refractivity contribution in [3.05, 3.63) is 83.9 Å². The van der Waals surface area contributed by atoms with Crippen LogP contribution < -0.4 is 0 Å². The highest BCUT2D eigenvalue weighted by molar-refractivity contribution is 5.89. The number of carbonyl (C=O) groups is 3. The molecule has 1 aliphatic rings. The van der Waals surface area contributed by atoms with Crippen LogP contribution in [0.15, 0.2) is 72.8 Å². The maximum atomic E-state index is 10.9. The van der Waals surface area contributed by atoms with Gasteiger partial charge in [-0.25, -0.2) is 9.59 Å². The Balaban J connectivity index is 0.000000414. The van der Waals surface area contributed by atoms with E-state index in [0.717, 1.165) is 38.9 Å². The van der Waals surface area contributed by atoms with Gasteiger partial charge in [-0.1, -0.05) is 60.7 Å². The molecular formula is C26H31NO6. The minimum Gasteiger partial charge on any atom is -0.481 e. The summed E-state index contributed by atoms with van der Waals surface area (Å²) in [6, 6.07) is 21.5. The van der Waals surface area contributed by atoms with Crippen LogP contribution in [0.2, 0.25) is 0 Å². The molecule has 1 saturated heterocycles. The van der Waals surface area contributed by atoms with Gasteiger partial charge in [0, 0.05) is 31.0 Å². The van der Waals surface area contributed by atoms with Crippen LogP contribution in [0.25, 0.3) is 0 Å².